The van der Waals surface area contributed by atoms with Gasteiger partial charge in [-0.25, -0.2) is 0 Å². The zero-order chi connectivity index (χ0) is 12.4. The molecule has 18 heavy (non-hydrogen) atoms. The molecule has 2 heterocycles. The lowest BCUT2D eigenvalue weighted by Gasteiger charge is -1.97. The maximum atomic E-state index is 5.44. The van der Waals surface area contributed by atoms with Crippen molar-refractivity contribution in [2.45, 2.75) is 38.6 Å². The molecule has 1 fully saturated rings. The average molecular weight is 246 g/mol. The van der Waals surface area contributed by atoms with Crippen molar-refractivity contribution in [3.05, 3.63) is 29.9 Å². The van der Waals surface area contributed by atoms with Gasteiger partial charge in [0, 0.05) is 18.7 Å². The first-order chi connectivity index (χ1) is 8.86. The van der Waals surface area contributed by atoms with Crippen LogP contribution in [0.3, 0.4) is 0 Å². The van der Waals surface area contributed by atoms with Gasteiger partial charge in [-0.05, 0) is 31.9 Å². The van der Waals surface area contributed by atoms with E-state index < -0.39 is 0 Å². The third kappa shape index (κ3) is 2.46. The van der Waals surface area contributed by atoms with E-state index in [2.05, 4.69) is 28.4 Å². The van der Waals surface area contributed by atoms with Crippen molar-refractivity contribution in [3.8, 4) is 6.01 Å². The summed E-state index contributed by atoms with van der Waals surface area (Å²) in [7, 11) is 0. The van der Waals surface area contributed by atoms with Crippen LogP contribution in [0.5, 0.6) is 0 Å². The van der Waals surface area contributed by atoms with E-state index in [0.717, 1.165) is 30.9 Å². The van der Waals surface area contributed by atoms with Crippen LogP contribution in [0.4, 0.5) is 0 Å². The minimum absolute atomic E-state index is 0.551. The van der Waals surface area contributed by atoms with Crippen LogP contribution in [0.2, 0.25) is 0 Å². The molecule has 0 saturated heterocycles. The molecule has 0 spiro atoms. The highest BCUT2D eigenvalue weighted by Crippen LogP contribution is 2.38. The van der Waals surface area contributed by atoms with Gasteiger partial charge in [-0.3, -0.25) is 0 Å². The lowest BCUT2D eigenvalue weighted by Crippen LogP contribution is -2.14. The number of nitrogens with one attached hydrogen (secondary N) is 1. The van der Waals surface area contributed by atoms with Crippen LogP contribution in [0.1, 0.15) is 43.5 Å². The fourth-order valence-electron chi connectivity index (χ4n) is 1.92. The summed E-state index contributed by atoms with van der Waals surface area (Å²) in [6.45, 7) is 3.88. The molecule has 0 unspecified atom stereocenters. The van der Waals surface area contributed by atoms with Crippen LogP contribution in [-0.4, -0.2) is 21.3 Å². The van der Waals surface area contributed by atoms with Crippen molar-refractivity contribution in [2.24, 2.45) is 0 Å². The molecule has 0 bridgehead atoms. The lowest BCUT2D eigenvalue weighted by atomic mass is 10.3. The third-order valence-electron chi connectivity index (χ3n) is 3.07. The first kappa shape index (κ1) is 11.5. The van der Waals surface area contributed by atoms with Gasteiger partial charge in [-0.1, -0.05) is 6.92 Å². The minimum atomic E-state index is 0.551. The van der Waals surface area contributed by atoms with Crippen molar-refractivity contribution in [1.29, 1.82) is 0 Å². The van der Waals surface area contributed by atoms with E-state index in [1.54, 1.807) is 10.9 Å². The Bertz CT molecular complexity index is 513. The zero-order valence-corrected chi connectivity index (χ0v) is 10.6. The van der Waals surface area contributed by atoms with Crippen molar-refractivity contribution >= 4 is 0 Å². The Morgan fingerprint density at radius 3 is 3.17 bits per heavy atom. The molecule has 2 aromatic heterocycles. The quantitative estimate of drug-likeness (QED) is 0.794. The zero-order valence-electron chi connectivity index (χ0n) is 10.6. The molecule has 0 aliphatic heterocycles. The molecule has 1 saturated carbocycles. The van der Waals surface area contributed by atoms with Gasteiger partial charge in [0.1, 0.15) is 6.26 Å². The second-order valence-corrected chi connectivity index (χ2v) is 4.76. The summed E-state index contributed by atoms with van der Waals surface area (Å²) in [5.41, 5.74) is 2.07. The molecule has 96 valence electrons. The first-order valence-corrected chi connectivity index (χ1v) is 6.58. The molecule has 0 aromatic carbocycles. The van der Waals surface area contributed by atoms with Crippen LogP contribution in [-0.2, 0) is 6.54 Å². The highest BCUT2D eigenvalue weighted by molar-refractivity contribution is 5.17. The summed E-state index contributed by atoms with van der Waals surface area (Å²) in [6.07, 6.45) is 7.25. The number of aromatic nitrogens is 3. The van der Waals surface area contributed by atoms with Gasteiger partial charge >= 0.3 is 6.01 Å². The van der Waals surface area contributed by atoms with Gasteiger partial charge < -0.3 is 9.73 Å². The monoisotopic (exact) mass is 246 g/mol. The summed E-state index contributed by atoms with van der Waals surface area (Å²) in [5.74, 6) is 0.659. The molecular weight excluding hydrogens is 228 g/mol. The topological polar surface area (TPSA) is 55.9 Å². The first-order valence-electron chi connectivity index (χ1n) is 6.58. The van der Waals surface area contributed by atoms with E-state index in [1.807, 2.05) is 6.20 Å². The largest absolute Gasteiger partial charge is 0.430 e. The van der Waals surface area contributed by atoms with Crippen LogP contribution < -0.4 is 5.32 Å². The van der Waals surface area contributed by atoms with E-state index >= 15 is 0 Å². The van der Waals surface area contributed by atoms with Gasteiger partial charge in [0.2, 0.25) is 0 Å². The SMILES string of the molecule is CCCNCc1coc(-n2ccc(C3CC3)n2)n1. The Hall–Kier alpha value is -1.62. The normalized spacial score (nSPS) is 15.2. The molecule has 1 N–H and O–H groups in total. The van der Waals surface area contributed by atoms with Crippen molar-refractivity contribution < 1.29 is 4.42 Å². The molecule has 1 aliphatic carbocycles. The maximum absolute atomic E-state index is 5.44. The van der Waals surface area contributed by atoms with E-state index in [0.29, 0.717) is 11.9 Å². The van der Waals surface area contributed by atoms with Gasteiger partial charge in [-0.2, -0.15) is 14.8 Å². The Kier molecular flexibility index (Phi) is 3.15. The summed E-state index contributed by atoms with van der Waals surface area (Å²) < 4.78 is 7.16. The molecule has 3 rings (SSSR count). The van der Waals surface area contributed by atoms with Gasteiger partial charge in [0.25, 0.3) is 0 Å². The molecule has 5 heteroatoms. The number of nitrogens with zero attached hydrogens (tertiary/aromatic N) is 3. The average Bonchev–Trinajstić information content (AvgIpc) is 2.93. The Labute approximate surface area is 106 Å². The summed E-state index contributed by atoms with van der Waals surface area (Å²) in [6, 6.07) is 2.60. The minimum Gasteiger partial charge on any atom is -0.430 e. The molecule has 0 atom stereocenters. The standard InChI is InChI=1S/C13H18N4O/c1-2-6-14-8-11-9-18-13(15-11)17-7-5-12(16-17)10-3-4-10/h5,7,9-10,14H,2-4,6,8H2,1H3. The maximum Gasteiger partial charge on any atom is 0.322 e. The number of oxazole rings is 1. The predicted octanol–water partition coefficient (Wildman–Crippen LogP) is 2.24. The molecule has 1 aliphatic rings. The molecule has 2 aromatic rings. The fourth-order valence-corrected chi connectivity index (χ4v) is 1.92. The second-order valence-electron chi connectivity index (χ2n) is 4.76. The summed E-state index contributed by atoms with van der Waals surface area (Å²) >= 11 is 0. The van der Waals surface area contributed by atoms with Crippen molar-refractivity contribution in [2.75, 3.05) is 6.54 Å². The lowest BCUT2D eigenvalue weighted by molar-refractivity contribution is 0.507. The molecule has 5 nitrogen and oxygen atoms in total. The van der Waals surface area contributed by atoms with Crippen LogP contribution in [0.15, 0.2) is 22.9 Å². The van der Waals surface area contributed by atoms with Crippen LogP contribution in [0.25, 0.3) is 6.01 Å². The van der Waals surface area contributed by atoms with Crippen molar-refractivity contribution in [3.63, 3.8) is 0 Å². The van der Waals surface area contributed by atoms with Gasteiger partial charge in [0.05, 0.1) is 11.4 Å². The third-order valence-corrected chi connectivity index (χ3v) is 3.07. The summed E-state index contributed by atoms with van der Waals surface area (Å²) in [5, 5.41) is 7.79. The smallest absolute Gasteiger partial charge is 0.322 e. The fraction of sp³-hybridized carbons (Fsp3) is 0.538. The molecule has 0 amide bonds. The van der Waals surface area contributed by atoms with Crippen molar-refractivity contribution in [1.82, 2.24) is 20.1 Å². The highest BCUT2D eigenvalue weighted by atomic mass is 16.4. The van der Waals surface area contributed by atoms with Crippen LogP contribution in [0, 0.1) is 0 Å². The number of hydrogen-bond donors (Lipinski definition) is 1. The van der Waals surface area contributed by atoms with E-state index in [-0.39, 0.29) is 0 Å². The second kappa shape index (κ2) is 4.94. The highest BCUT2D eigenvalue weighted by Gasteiger charge is 2.26. The molecular formula is C13H18N4O. The predicted molar refractivity (Wildman–Crippen MR) is 67.6 cm³/mol. The number of rotatable bonds is 6. The number of hydrogen-bond acceptors (Lipinski definition) is 4. The van der Waals surface area contributed by atoms with Gasteiger partial charge in [0.15, 0.2) is 0 Å². The van der Waals surface area contributed by atoms with Gasteiger partial charge in [-0.15, -0.1) is 0 Å². The van der Waals surface area contributed by atoms with E-state index in [1.165, 1.54) is 12.8 Å². The Morgan fingerprint density at radius 1 is 1.50 bits per heavy atom. The van der Waals surface area contributed by atoms with Crippen LogP contribution >= 0.6 is 0 Å². The molecule has 0 radical (unpaired) electrons. The van der Waals surface area contributed by atoms with E-state index in [9.17, 15) is 0 Å². The summed E-state index contributed by atoms with van der Waals surface area (Å²) in [4.78, 5) is 4.42. The Balaban J connectivity index is 1.67. The van der Waals surface area contributed by atoms with E-state index in [4.69, 9.17) is 4.42 Å². The Morgan fingerprint density at radius 2 is 2.39 bits per heavy atom.